The molecule has 0 unspecified atom stereocenters. The number of hydrogen-bond donors (Lipinski definition) is 0. The average molecular weight is 203 g/mol. The molecule has 1 aliphatic rings. The van der Waals surface area contributed by atoms with Crippen molar-refractivity contribution in [3.05, 3.63) is 0 Å². The van der Waals surface area contributed by atoms with E-state index < -0.39 is 20.1 Å². The second kappa shape index (κ2) is 2.26. The summed E-state index contributed by atoms with van der Waals surface area (Å²) in [7, 11) is -2.97. The van der Waals surface area contributed by atoms with Crippen LogP contribution in [0.25, 0.3) is 0 Å². The lowest BCUT2D eigenvalue weighted by molar-refractivity contribution is 0.601. The molecule has 0 aromatic rings. The maximum atomic E-state index is 10.9. The van der Waals surface area contributed by atoms with Crippen LogP contribution in [0.1, 0.15) is 6.92 Å². The minimum atomic E-state index is -2.97. The van der Waals surface area contributed by atoms with Gasteiger partial charge in [0.1, 0.15) is 0 Å². The SMILES string of the molecule is C[C@]1(Cl)CS(=O)(=O)C[C@@H]1Cl. The van der Waals surface area contributed by atoms with Gasteiger partial charge in [-0.05, 0) is 6.92 Å². The fourth-order valence-corrected chi connectivity index (χ4v) is 4.38. The van der Waals surface area contributed by atoms with Gasteiger partial charge >= 0.3 is 0 Å². The van der Waals surface area contributed by atoms with E-state index in [1.165, 1.54) is 0 Å². The van der Waals surface area contributed by atoms with E-state index in [2.05, 4.69) is 0 Å². The van der Waals surface area contributed by atoms with E-state index in [1.807, 2.05) is 0 Å². The number of rotatable bonds is 0. The topological polar surface area (TPSA) is 34.1 Å². The van der Waals surface area contributed by atoms with E-state index in [4.69, 9.17) is 23.2 Å². The predicted molar refractivity (Wildman–Crippen MR) is 42.6 cm³/mol. The molecule has 0 N–H and O–H groups in total. The van der Waals surface area contributed by atoms with E-state index in [-0.39, 0.29) is 11.5 Å². The molecular weight excluding hydrogens is 195 g/mol. The minimum Gasteiger partial charge on any atom is -0.229 e. The largest absolute Gasteiger partial charge is 0.229 e. The third kappa shape index (κ3) is 1.57. The van der Waals surface area contributed by atoms with Gasteiger partial charge in [-0.1, -0.05) is 0 Å². The average Bonchev–Trinajstić information content (AvgIpc) is 1.73. The molecular formula is C5H8Cl2O2S. The van der Waals surface area contributed by atoms with Crippen LogP contribution in [0, 0.1) is 0 Å². The lowest BCUT2D eigenvalue weighted by atomic mass is 10.1. The highest BCUT2D eigenvalue weighted by atomic mass is 35.5. The standard InChI is InChI=1S/C5H8Cl2O2S/c1-5(7)3-10(8,9)2-4(5)6/h4H,2-3H2,1H3/t4-,5-/m0/s1. The Morgan fingerprint density at radius 2 is 2.10 bits per heavy atom. The zero-order chi connectivity index (χ0) is 7.99. The van der Waals surface area contributed by atoms with Gasteiger partial charge in [0, 0.05) is 0 Å². The molecule has 0 aromatic carbocycles. The first-order valence-corrected chi connectivity index (χ1v) is 5.50. The summed E-state index contributed by atoms with van der Waals surface area (Å²) in [4.78, 5) is -0.764. The maximum absolute atomic E-state index is 10.9. The predicted octanol–water partition coefficient (Wildman–Crippen LogP) is 1.02. The first-order chi connectivity index (χ1) is 4.33. The van der Waals surface area contributed by atoms with Crippen LogP contribution in [0.2, 0.25) is 0 Å². The number of sulfone groups is 1. The van der Waals surface area contributed by atoms with E-state index in [9.17, 15) is 8.42 Å². The smallest absolute Gasteiger partial charge is 0.153 e. The highest BCUT2D eigenvalue weighted by Crippen LogP contribution is 2.33. The van der Waals surface area contributed by atoms with Crippen LogP contribution in [0.15, 0.2) is 0 Å². The van der Waals surface area contributed by atoms with Crippen LogP contribution in [-0.2, 0) is 9.84 Å². The summed E-state index contributed by atoms with van der Waals surface area (Å²) in [6.45, 7) is 1.65. The van der Waals surface area contributed by atoms with Gasteiger partial charge in [-0.25, -0.2) is 8.42 Å². The highest BCUT2D eigenvalue weighted by molar-refractivity contribution is 7.92. The fraction of sp³-hybridized carbons (Fsp3) is 1.00. The number of alkyl halides is 2. The van der Waals surface area contributed by atoms with Crippen molar-refractivity contribution in [1.82, 2.24) is 0 Å². The molecule has 0 radical (unpaired) electrons. The molecule has 1 fully saturated rings. The van der Waals surface area contributed by atoms with E-state index >= 15 is 0 Å². The van der Waals surface area contributed by atoms with Gasteiger partial charge in [-0.2, -0.15) is 0 Å². The molecule has 1 heterocycles. The van der Waals surface area contributed by atoms with Crippen molar-refractivity contribution in [1.29, 1.82) is 0 Å². The fourth-order valence-electron chi connectivity index (χ4n) is 0.976. The van der Waals surface area contributed by atoms with Gasteiger partial charge in [0.2, 0.25) is 0 Å². The van der Waals surface area contributed by atoms with Crippen LogP contribution in [0.5, 0.6) is 0 Å². The summed E-state index contributed by atoms with van der Waals surface area (Å²) in [5.74, 6) is 0.00424. The zero-order valence-corrected chi connectivity index (χ0v) is 7.80. The molecule has 1 saturated heterocycles. The summed E-state index contributed by atoms with van der Waals surface area (Å²) < 4.78 is 21.8. The van der Waals surface area contributed by atoms with Gasteiger partial charge in [0.25, 0.3) is 0 Å². The summed E-state index contributed by atoms with van der Waals surface area (Å²) >= 11 is 11.5. The Hall–Kier alpha value is 0.530. The third-order valence-electron chi connectivity index (χ3n) is 1.56. The molecule has 0 amide bonds. The van der Waals surface area contributed by atoms with Gasteiger partial charge in [0.15, 0.2) is 9.84 Å². The van der Waals surface area contributed by atoms with Gasteiger partial charge in [-0.3, -0.25) is 0 Å². The second-order valence-corrected chi connectivity index (χ2v) is 6.30. The first-order valence-electron chi connectivity index (χ1n) is 2.87. The van der Waals surface area contributed by atoms with E-state index in [1.54, 1.807) is 6.92 Å². The van der Waals surface area contributed by atoms with Crippen molar-refractivity contribution in [3.8, 4) is 0 Å². The summed E-state index contributed by atoms with van der Waals surface area (Å²) in [6.07, 6.45) is 0. The Kier molecular flexibility index (Phi) is 1.95. The molecule has 2 nitrogen and oxygen atoms in total. The van der Waals surface area contributed by atoms with Gasteiger partial charge in [-0.15, -0.1) is 23.2 Å². The molecule has 1 aliphatic heterocycles. The molecule has 5 heteroatoms. The van der Waals surface area contributed by atoms with Gasteiger partial charge in [0.05, 0.1) is 21.8 Å². The molecule has 0 saturated carbocycles. The summed E-state index contributed by atoms with van der Waals surface area (Å²) in [5.41, 5.74) is 0. The van der Waals surface area contributed by atoms with Crippen molar-refractivity contribution < 1.29 is 8.42 Å². The minimum absolute atomic E-state index is 0.00424. The molecule has 0 spiro atoms. The van der Waals surface area contributed by atoms with Crippen molar-refractivity contribution >= 4 is 33.0 Å². The Morgan fingerprint density at radius 1 is 1.60 bits per heavy atom. The molecule has 10 heavy (non-hydrogen) atoms. The van der Waals surface area contributed by atoms with Crippen LogP contribution in [0.3, 0.4) is 0 Å². The molecule has 0 aromatic heterocycles. The van der Waals surface area contributed by atoms with Crippen molar-refractivity contribution in [3.63, 3.8) is 0 Å². The normalized spacial score (nSPS) is 45.7. The summed E-state index contributed by atoms with van der Waals surface area (Å²) in [6, 6.07) is 0. The van der Waals surface area contributed by atoms with Crippen LogP contribution in [0.4, 0.5) is 0 Å². The van der Waals surface area contributed by atoms with Crippen LogP contribution in [-0.4, -0.2) is 30.2 Å². The van der Waals surface area contributed by atoms with Crippen molar-refractivity contribution in [2.45, 2.75) is 17.2 Å². The Bertz CT molecular complexity index is 232. The molecule has 0 aliphatic carbocycles. The molecule has 1 rings (SSSR count). The summed E-state index contributed by atoms with van der Waals surface area (Å²) in [5, 5.41) is -0.445. The zero-order valence-electron chi connectivity index (χ0n) is 5.47. The van der Waals surface area contributed by atoms with E-state index in [0.29, 0.717) is 0 Å². The first kappa shape index (κ1) is 8.62. The van der Waals surface area contributed by atoms with E-state index in [0.717, 1.165) is 0 Å². The quantitative estimate of drug-likeness (QED) is 0.551. The van der Waals surface area contributed by atoms with Crippen molar-refractivity contribution in [2.75, 3.05) is 11.5 Å². The Balaban J connectivity index is 2.92. The Morgan fingerprint density at radius 3 is 2.20 bits per heavy atom. The van der Waals surface area contributed by atoms with Crippen molar-refractivity contribution in [2.24, 2.45) is 0 Å². The number of hydrogen-bond acceptors (Lipinski definition) is 2. The third-order valence-corrected chi connectivity index (χ3v) is 4.92. The van der Waals surface area contributed by atoms with Crippen LogP contribution < -0.4 is 0 Å². The lowest BCUT2D eigenvalue weighted by Gasteiger charge is -2.15. The van der Waals surface area contributed by atoms with Crippen LogP contribution >= 0.6 is 23.2 Å². The molecule has 2 atom stereocenters. The maximum Gasteiger partial charge on any atom is 0.153 e. The Labute approximate surface area is 70.4 Å². The number of halogens is 2. The highest BCUT2D eigenvalue weighted by Gasteiger charge is 2.44. The van der Waals surface area contributed by atoms with Gasteiger partial charge < -0.3 is 0 Å². The lowest BCUT2D eigenvalue weighted by Crippen LogP contribution is -2.26. The monoisotopic (exact) mass is 202 g/mol. The molecule has 0 bridgehead atoms. The second-order valence-electron chi connectivity index (χ2n) is 2.80. The molecule has 60 valence electrons.